The highest BCUT2D eigenvalue weighted by Gasteiger charge is 2.45. The third-order valence-corrected chi connectivity index (χ3v) is 5.96. The van der Waals surface area contributed by atoms with Gasteiger partial charge in [0.25, 0.3) is 0 Å². The number of rotatable bonds is 0. The first-order chi connectivity index (χ1) is 10.6. The lowest BCUT2D eigenvalue weighted by Crippen LogP contribution is -2.44. The summed E-state index contributed by atoms with van der Waals surface area (Å²) in [6.07, 6.45) is 4.84. The average molecular weight is 320 g/mol. The Morgan fingerprint density at radius 2 is 1.78 bits per heavy atom. The van der Waals surface area contributed by atoms with Crippen LogP contribution >= 0.6 is 0 Å². The molecule has 0 spiro atoms. The van der Waals surface area contributed by atoms with Crippen molar-refractivity contribution in [3.8, 4) is 0 Å². The first-order valence-corrected chi connectivity index (χ1v) is 8.70. The first kappa shape index (κ1) is 18.4. The van der Waals surface area contributed by atoms with E-state index in [1.54, 1.807) is 6.08 Å². The van der Waals surface area contributed by atoms with E-state index >= 15 is 0 Å². The Bertz CT molecular complexity index is 515. The molecule has 1 fully saturated rings. The fourth-order valence-electron chi connectivity index (χ4n) is 4.44. The molecule has 0 radical (unpaired) electrons. The zero-order chi connectivity index (χ0) is 17.4. The topological polar surface area (TPSA) is 60.7 Å². The van der Waals surface area contributed by atoms with Crippen LogP contribution < -0.4 is 0 Å². The summed E-state index contributed by atoms with van der Waals surface area (Å²) in [7, 11) is 0. The van der Waals surface area contributed by atoms with Crippen LogP contribution in [0.4, 0.5) is 0 Å². The van der Waals surface area contributed by atoms with Gasteiger partial charge in [-0.25, -0.2) is 0 Å². The Labute approximate surface area is 140 Å². The van der Waals surface area contributed by atoms with E-state index < -0.39 is 18.3 Å². The highest BCUT2D eigenvalue weighted by Crippen LogP contribution is 2.51. The summed E-state index contributed by atoms with van der Waals surface area (Å²) in [6.45, 7) is 12.4. The zero-order valence-electron chi connectivity index (χ0n) is 14.9. The number of hydrogen-bond donors (Lipinski definition) is 3. The van der Waals surface area contributed by atoms with Crippen molar-refractivity contribution in [2.24, 2.45) is 17.3 Å². The summed E-state index contributed by atoms with van der Waals surface area (Å²) in [4.78, 5) is 0. The van der Waals surface area contributed by atoms with Crippen LogP contribution in [-0.4, -0.2) is 33.6 Å². The van der Waals surface area contributed by atoms with Crippen molar-refractivity contribution >= 4 is 0 Å². The molecule has 23 heavy (non-hydrogen) atoms. The molecule has 0 aromatic carbocycles. The molecule has 1 saturated carbocycles. The number of hydrogen-bond acceptors (Lipinski definition) is 3. The van der Waals surface area contributed by atoms with Crippen molar-refractivity contribution < 1.29 is 15.3 Å². The van der Waals surface area contributed by atoms with Crippen LogP contribution in [-0.2, 0) is 0 Å². The van der Waals surface area contributed by atoms with Gasteiger partial charge in [-0.05, 0) is 62.4 Å². The van der Waals surface area contributed by atoms with Gasteiger partial charge in [0.05, 0.1) is 18.3 Å². The molecule has 0 aromatic heterocycles. The third-order valence-electron chi connectivity index (χ3n) is 5.96. The zero-order valence-corrected chi connectivity index (χ0v) is 14.9. The second-order valence-electron chi connectivity index (χ2n) is 8.11. The van der Waals surface area contributed by atoms with Gasteiger partial charge in [-0.1, -0.05) is 43.7 Å². The van der Waals surface area contributed by atoms with Crippen molar-refractivity contribution in [2.45, 2.75) is 71.7 Å². The Balaban J connectivity index is 2.44. The smallest absolute Gasteiger partial charge is 0.0761 e. The summed E-state index contributed by atoms with van der Waals surface area (Å²) >= 11 is 0. The molecule has 3 heteroatoms. The van der Waals surface area contributed by atoms with E-state index in [0.717, 1.165) is 24.0 Å². The van der Waals surface area contributed by atoms with E-state index in [4.69, 9.17) is 0 Å². The standard InChI is InChI=1S/C20H32O3/c1-12-8-15(21)10-14(3)18(22)11-17-13(2)6-7-16(19(23)9-12)20(17,4)5/h9-10,15-19,21-23H,2,6-8,11H2,1,3-5H3. The molecule has 0 amide bonds. The molecule has 0 aromatic rings. The van der Waals surface area contributed by atoms with Gasteiger partial charge in [0.15, 0.2) is 0 Å². The molecule has 0 heterocycles. The Morgan fingerprint density at radius 1 is 1.13 bits per heavy atom. The minimum absolute atomic E-state index is 0.120. The van der Waals surface area contributed by atoms with Crippen molar-refractivity contribution in [1.29, 1.82) is 0 Å². The van der Waals surface area contributed by atoms with Gasteiger partial charge >= 0.3 is 0 Å². The predicted octanol–water partition coefficient (Wildman–Crippen LogP) is 3.36. The van der Waals surface area contributed by atoms with Crippen LogP contribution in [0.3, 0.4) is 0 Å². The van der Waals surface area contributed by atoms with Crippen molar-refractivity contribution in [3.05, 3.63) is 35.5 Å². The minimum Gasteiger partial charge on any atom is -0.389 e. The number of fused-ring (bicyclic) bond motifs is 2. The Hall–Kier alpha value is -0.900. The largest absolute Gasteiger partial charge is 0.389 e. The summed E-state index contributed by atoms with van der Waals surface area (Å²) < 4.78 is 0. The molecule has 3 N–H and O–H groups in total. The van der Waals surface area contributed by atoms with Crippen molar-refractivity contribution in [2.75, 3.05) is 0 Å². The molecule has 130 valence electrons. The quantitative estimate of drug-likeness (QED) is 0.600. The fourth-order valence-corrected chi connectivity index (χ4v) is 4.44. The van der Waals surface area contributed by atoms with E-state index in [-0.39, 0.29) is 17.3 Å². The summed E-state index contributed by atoms with van der Waals surface area (Å²) in [5.74, 6) is 0.306. The third kappa shape index (κ3) is 3.96. The van der Waals surface area contributed by atoms with E-state index in [9.17, 15) is 15.3 Å². The fraction of sp³-hybridized carbons (Fsp3) is 0.700. The number of aliphatic hydroxyl groups excluding tert-OH is 3. The van der Waals surface area contributed by atoms with E-state index in [1.165, 1.54) is 5.57 Å². The lowest BCUT2D eigenvalue weighted by atomic mass is 9.57. The minimum atomic E-state index is -0.622. The van der Waals surface area contributed by atoms with Crippen molar-refractivity contribution in [1.82, 2.24) is 0 Å². The van der Waals surface area contributed by atoms with Crippen LogP contribution in [0.5, 0.6) is 0 Å². The van der Waals surface area contributed by atoms with Crippen LogP contribution in [0, 0.1) is 17.3 Å². The lowest BCUT2D eigenvalue weighted by molar-refractivity contribution is -0.00181. The Kier molecular flexibility index (Phi) is 5.55. The SMILES string of the molecule is C=C1CCC2C(O)C=C(C)CC(O)C=C(C)C(O)CC1C2(C)C. The highest BCUT2D eigenvalue weighted by molar-refractivity contribution is 5.19. The van der Waals surface area contributed by atoms with E-state index in [0.29, 0.717) is 12.8 Å². The maximum atomic E-state index is 10.7. The molecule has 5 unspecified atom stereocenters. The van der Waals surface area contributed by atoms with Gasteiger partial charge in [0.2, 0.25) is 0 Å². The Morgan fingerprint density at radius 3 is 2.43 bits per heavy atom. The molecule has 0 aliphatic heterocycles. The molecule has 2 rings (SSSR count). The molecule has 2 aliphatic carbocycles. The van der Waals surface area contributed by atoms with Gasteiger partial charge < -0.3 is 15.3 Å². The molecule has 5 atom stereocenters. The molecular weight excluding hydrogens is 288 g/mol. The second-order valence-corrected chi connectivity index (χ2v) is 8.11. The van der Waals surface area contributed by atoms with Gasteiger partial charge in [-0.3, -0.25) is 0 Å². The summed E-state index contributed by atoms with van der Waals surface area (Å²) in [5.41, 5.74) is 2.85. The van der Waals surface area contributed by atoms with Gasteiger partial charge in [0.1, 0.15) is 0 Å². The molecule has 2 aliphatic rings. The lowest BCUT2D eigenvalue weighted by Gasteiger charge is -2.48. The molecule has 0 saturated heterocycles. The highest BCUT2D eigenvalue weighted by atomic mass is 16.3. The van der Waals surface area contributed by atoms with Crippen LogP contribution in [0.1, 0.15) is 53.4 Å². The summed E-state index contributed by atoms with van der Waals surface area (Å²) in [6, 6.07) is 0. The second kappa shape index (κ2) is 6.92. The maximum Gasteiger partial charge on any atom is 0.0761 e. The maximum absolute atomic E-state index is 10.7. The number of aliphatic hydroxyl groups is 3. The van der Waals surface area contributed by atoms with Crippen LogP contribution in [0.25, 0.3) is 0 Å². The average Bonchev–Trinajstić information content (AvgIpc) is 2.41. The van der Waals surface area contributed by atoms with E-state index in [1.807, 2.05) is 19.9 Å². The van der Waals surface area contributed by atoms with Crippen LogP contribution in [0.2, 0.25) is 0 Å². The van der Waals surface area contributed by atoms with Gasteiger partial charge in [-0.15, -0.1) is 0 Å². The van der Waals surface area contributed by atoms with E-state index in [2.05, 4.69) is 20.4 Å². The van der Waals surface area contributed by atoms with Crippen molar-refractivity contribution in [3.63, 3.8) is 0 Å². The first-order valence-electron chi connectivity index (χ1n) is 8.70. The monoisotopic (exact) mass is 320 g/mol. The normalized spacial score (nSPS) is 38.9. The molecule has 2 bridgehead atoms. The van der Waals surface area contributed by atoms with Gasteiger partial charge in [-0.2, -0.15) is 0 Å². The van der Waals surface area contributed by atoms with Gasteiger partial charge in [0, 0.05) is 0 Å². The predicted molar refractivity (Wildman–Crippen MR) is 93.9 cm³/mol. The molecular formula is C20H32O3. The van der Waals surface area contributed by atoms with Crippen LogP contribution in [0.15, 0.2) is 35.5 Å². The molecule has 3 nitrogen and oxygen atoms in total. The number of allylic oxidation sites excluding steroid dienone is 1. The summed E-state index contributed by atoms with van der Waals surface area (Å²) in [5, 5.41) is 31.5.